The predicted octanol–water partition coefficient (Wildman–Crippen LogP) is 4.97. The van der Waals surface area contributed by atoms with Crippen LogP contribution in [-0.4, -0.2) is 63.4 Å². The number of nitrogens with one attached hydrogen (secondary N) is 1. The molecule has 1 saturated heterocycles. The predicted molar refractivity (Wildman–Crippen MR) is 131 cm³/mol. The van der Waals surface area contributed by atoms with Gasteiger partial charge in [0.15, 0.2) is 0 Å². The maximum Gasteiger partial charge on any atom is 0.245 e. The van der Waals surface area contributed by atoms with Crippen LogP contribution >= 0.6 is 11.6 Å². The van der Waals surface area contributed by atoms with Crippen molar-refractivity contribution < 1.29 is 4.79 Å². The van der Waals surface area contributed by atoms with E-state index in [1.165, 1.54) is 12.8 Å². The molecular formula is C25H36ClN5O. The van der Waals surface area contributed by atoms with Crippen molar-refractivity contribution >= 4 is 34.2 Å². The number of nitrogens with zero attached hydrogens (tertiary/aromatic N) is 4. The summed E-state index contributed by atoms with van der Waals surface area (Å²) in [5.41, 5.74) is 0.824. The van der Waals surface area contributed by atoms with Crippen molar-refractivity contribution in [2.24, 2.45) is 5.92 Å². The van der Waals surface area contributed by atoms with Gasteiger partial charge in [-0.05, 0) is 77.1 Å². The number of aromatic nitrogens is 2. The zero-order valence-electron chi connectivity index (χ0n) is 19.7. The highest BCUT2D eigenvalue weighted by Gasteiger charge is 2.42. The zero-order valence-corrected chi connectivity index (χ0v) is 20.5. The minimum absolute atomic E-state index is 0.209. The largest absolute Gasteiger partial charge is 0.358 e. The van der Waals surface area contributed by atoms with Crippen molar-refractivity contribution in [3.63, 3.8) is 0 Å². The van der Waals surface area contributed by atoms with Gasteiger partial charge in [0, 0.05) is 35.1 Å². The van der Waals surface area contributed by atoms with Gasteiger partial charge in [0.2, 0.25) is 5.91 Å². The van der Waals surface area contributed by atoms with Crippen LogP contribution in [0.2, 0.25) is 5.02 Å². The Hall–Kier alpha value is -1.92. The van der Waals surface area contributed by atoms with E-state index in [0.29, 0.717) is 34.9 Å². The first-order valence-electron chi connectivity index (χ1n) is 12.1. The van der Waals surface area contributed by atoms with Crippen LogP contribution in [0, 0.1) is 5.92 Å². The lowest BCUT2D eigenvalue weighted by molar-refractivity contribution is -0.132. The highest BCUT2D eigenvalue weighted by atomic mass is 35.5. The molecular weight excluding hydrogens is 422 g/mol. The Kier molecular flexibility index (Phi) is 7.21. The first kappa shape index (κ1) is 23.2. The van der Waals surface area contributed by atoms with Crippen molar-refractivity contribution in [1.29, 1.82) is 0 Å². The molecule has 1 unspecified atom stereocenters. The molecule has 1 aromatic carbocycles. The van der Waals surface area contributed by atoms with E-state index in [4.69, 9.17) is 11.6 Å². The van der Waals surface area contributed by atoms with Crippen LogP contribution in [0.15, 0.2) is 24.5 Å². The van der Waals surface area contributed by atoms with E-state index in [-0.39, 0.29) is 11.9 Å². The van der Waals surface area contributed by atoms with E-state index >= 15 is 0 Å². The second-order valence-corrected chi connectivity index (χ2v) is 10.2. The Bertz CT molecular complexity index is 951. The van der Waals surface area contributed by atoms with Crippen molar-refractivity contribution in [2.75, 3.05) is 18.9 Å². The van der Waals surface area contributed by atoms with Gasteiger partial charge in [-0.1, -0.05) is 24.9 Å². The minimum Gasteiger partial charge on any atom is -0.358 e. The van der Waals surface area contributed by atoms with Crippen LogP contribution in [0.4, 0.5) is 5.82 Å². The summed E-state index contributed by atoms with van der Waals surface area (Å²) >= 11 is 6.20. The first-order valence-corrected chi connectivity index (χ1v) is 12.5. The van der Waals surface area contributed by atoms with Crippen LogP contribution in [0.25, 0.3) is 10.9 Å². The molecule has 4 rings (SSSR count). The van der Waals surface area contributed by atoms with Crippen LogP contribution in [0.5, 0.6) is 0 Å². The molecule has 2 aliphatic rings. The summed E-state index contributed by atoms with van der Waals surface area (Å²) in [5, 5.41) is 4.90. The minimum atomic E-state index is -0.245. The fourth-order valence-electron chi connectivity index (χ4n) is 5.58. The van der Waals surface area contributed by atoms with Gasteiger partial charge in [-0.3, -0.25) is 4.79 Å². The molecule has 2 heterocycles. The number of carbonyl (C=O) groups is 1. The Morgan fingerprint density at radius 3 is 2.81 bits per heavy atom. The summed E-state index contributed by atoms with van der Waals surface area (Å²) in [4.78, 5) is 26.9. The number of rotatable bonds is 7. The van der Waals surface area contributed by atoms with Gasteiger partial charge in [0.25, 0.3) is 0 Å². The third kappa shape index (κ3) is 4.72. The Labute approximate surface area is 196 Å². The number of amides is 1. The summed E-state index contributed by atoms with van der Waals surface area (Å²) in [7, 11) is 2.25. The van der Waals surface area contributed by atoms with E-state index in [1.807, 2.05) is 18.2 Å². The molecule has 1 aromatic heterocycles. The number of hydrogen-bond donors (Lipinski definition) is 1. The Morgan fingerprint density at radius 1 is 1.25 bits per heavy atom. The Balaban J connectivity index is 1.48. The van der Waals surface area contributed by atoms with Crippen LogP contribution in [-0.2, 0) is 4.79 Å². The highest BCUT2D eigenvalue weighted by molar-refractivity contribution is 6.31. The van der Waals surface area contributed by atoms with Gasteiger partial charge in [0.1, 0.15) is 18.2 Å². The topological polar surface area (TPSA) is 61.4 Å². The van der Waals surface area contributed by atoms with Gasteiger partial charge >= 0.3 is 0 Å². The van der Waals surface area contributed by atoms with E-state index in [2.05, 4.69) is 52.9 Å². The van der Waals surface area contributed by atoms with Gasteiger partial charge in [-0.25, -0.2) is 9.97 Å². The molecule has 4 atom stereocenters. The molecule has 0 radical (unpaired) electrons. The van der Waals surface area contributed by atoms with Crippen LogP contribution in [0.1, 0.15) is 59.3 Å². The van der Waals surface area contributed by atoms with Crippen molar-refractivity contribution in [2.45, 2.75) is 83.5 Å². The lowest BCUT2D eigenvalue weighted by Crippen LogP contribution is -2.51. The maximum atomic E-state index is 13.5. The summed E-state index contributed by atoms with van der Waals surface area (Å²) in [6.07, 6.45) is 8.13. The third-order valence-electron chi connectivity index (χ3n) is 7.51. The molecule has 2 aromatic rings. The zero-order chi connectivity index (χ0) is 22.8. The standard InChI is InChI=1S/C25H36ClN5O/c1-5-6-17-13-19(30(4)16(2)3)8-10-23(17)31-12-11-22(25(31)32)29-24-20-14-18(26)7-9-21(20)27-15-28-24/h7,9,14-17,19,22-23H,5-6,8,10-13H2,1-4H3,(H,27,28,29)/t17-,19-,22?,23+/m1/s1. The number of halogens is 1. The van der Waals surface area contributed by atoms with E-state index in [0.717, 1.165) is 43.1 Å². The average molecular weight is 458 g/mol. The van der Waals surface area contributed by atoms with Gasteiger partial charge in [0.05, 0.1) is 5.52 Å². The SMILES string of the molecule is CCC[C@@H]1C[C@H](N(C)C(C)C)CC[C@@H]1N1CCC(Nc2ncnc3ccc(Cl)cc23)C1=O. The summed E-state index contributed by atoms with van der Waals surface area (Å²) < 4.78 is 0. The first-order chi connectivity index (χ1) is 15.4. The second kappa shape index (κ2) is 9.92. The molecule has 1 amide bonds. The van der Waals surface area contributed by atoms with Gasteiger partial charge < -0.3 is 15.1 Å². The van der Waals surface area contributed by atoms with Crippen molar-refractivity contribution in [3.8, 4) is 0 Å². The molecule has 1 N–H and O–H groups in total. The fourth-order valence-corrected chi connectivity index (χ4v) is 5.75. The molecule has 0 bridgehead atoms. The normalized spacial score (nSPS) is 26.5. The van der Waals surface area contributed by atoms with Gasteiger partial charge in [-0.2, -0.15) is 0 Å². The molecule has 1 aliphatic heterocycles. The molecule has 0 spiro atoms. The second-order valence-electron chi connectivity index (χ2n) is 9.74. The summed E-state index contributed by atoms with van der Waals surface area (Å²) in [5.74, 6) is 1.46. The van der Waals surface area contributed by atoms with Crippen molar-refractivity contribution in [1.82, 2.24) is 19.8 Å². The molecule has 6 nitrogen and oxygen atoms in total. The van der Waals surface area contributed by atoms with Crippen LogP contribution < -0.4 is 5.32 Å². The third-order valence-corrected chi connectivity index (χ3v) is 7.75. The van der Waals surface area contributed by atoms with Gasteiger partial charge in [-0.15, -0.1) is 0 Å². The number of hydrogen-bond acceptors (Lipinski definition) is 5. The number of fused-ring (bicyclic) bond motifs is 1. The quantitative estimate of drug-likeness (QED) is 0.635. The fraction of sp³-hybridized carbons (Fsp3) is 0.640. The maximum absolute atomic E-state index is 13.5. The molecule has 174 valence electrons. The molecule has 7 heteroatoms. The molecule has 32 heavy (non-hydrogen) atoms. The number of anilines is 1. The van der Waals surface area contributed by atoms with Crippen LogP contribution in [0.3, 0.4) is 0 Å². The molecule has 1 saturated carbocycles. The van der Waals surface area contributed by atoms with E-state index < -0.39 is 0 Å². The summed E-state index contributed by atoms with van der Waals surface area (Å²) in [6.45, 7) is 7.61. The number of carbonyl (C=O) groups excluding carboxylic acids is 1. The average Bonchev–Trinajstić information content (AvgIpc) is 3.13. The molecule has 1 aliphatic carbocycles. The Morgan fingerprint density at radius 2 is 2.06 bits per heavy atom. The smallest absolute Gasteiger partial charge is 0.245 e. The van der Waals surface area contributed by atoms with E-state index in [9.17, 15) is 4.79 Å². The summed E-state index contributed by atoms with van der Waals surface area (Å²) in [6, 6.07) is 6.84. The van der Waals surface area contributed by atoms with Crippen molar-refractivity contribution in [3.05, 3.63) is 29.5 Å². The monoisotopic (exact) mass is 457 g/mol. The highest BCUT2D eigenvalue weighted by Crippen LogP contribution is 2.37. The lowest BCUT2D eigenvalue weighted by Gasteiger charge is -2.44. The lowest BCUT2D eigenvalue weighted by atomic mass is 9.77. The molecule has 2 fully saturated rings. The number of benzene rings is 1. The van der Waals surface area contributed by atoms with E-state index in [1.54, 1.807) is 6.33 Å². The number of likely N-dealkylation sites (tertiary alicyclic amines) is 1.